The fraction of sp³-hybridized carbons (Fsp3) is 0.625. The third-order valence-electron chi connectivity index (χ3n) is 3.55. The number of hydrogen-bond donors (Lipinski definition) is 6. The molecular weight excluding hydrogens is 404 g/mol. The van der Waals surface area contributed by atoms with Crippen molar-refractivity contribution in [1.29, 1.82) is 0 Å². The SMILES string of the molecule is NC(=O)NCCC[C@@H](N)C(=O)OC(=O)CCC(=O)OC(=O)[C@H](N)CCCNC(N)=O. The first-order valence-corrected chi connectivity index (χ1v) is 9.09. The molecule has 30 heavy (non-hydrogen) atoms. The Morgan fingerprint density at radius 2 is 1.00 bits per heavy atom. The smallest absolute Gasteiger partial charge is 0.330 e. The van der Waals surface area contributed by atoms with E-state index in [0.717, 1.165) is 0 Å². The molecule has 14 nitrogen and oxygen atoms in total. The summed E-state index contributed by atoms with van der Waals surface area (Å²) in [5.41, 5.74) is 20.9. The monoisotopic (exact) mass is 432 g/mol. The van der Waals surface area contributed by atoms with Gasteiger partial charge in [0.05, 0.1) is 12.8 Å². The first-order valence-electron chi connectivity index (χ1n) is 9.09. The average Bonchev–Trinajstić information content (AvgIpc) is 2.66. The highest BCUT2D eigenvalue weighted by Gasteiger charge is 2.22. The summed E-state index contributed by atoms with van der Waals surface area (Å²) in [6.45, 7) is 0.405. The summed E-state index contributed by atoms with van der Waals surface area (Å²) >= 11 is 0. The lowest BCUT2D eigenvalue weighted by Crippen LogP contribution is -2.36. The summed E-state index contributed by atoms with van der Waals surface area (Å²) in [5, 5.41) is 4.62. The van der Waals surface area contributed by atoms with Gasteiger partial charge in [-0.1, -0.05) is 0 Å². The van der Waals surface area contributed by atoms with Crippen LogP contribution in [0.2, 0.25) is 0 Å². The minimum atomic E-state index is -1.10. The molecule has 0 rings (SSSR count). The maximum Gasteiger partial charge on any atom is 0.330 e. The number of hydrogen-bond acceptors (Lipinski definition) is 10. The number of carbonyl (C=O) groups is 6. The fourth-order valence-corrected chi connectivity index (χ4v) is 1.98. The van der Waals surface area contributed by atoms with Gasteiger partial charge in [0.2, 0.25) is 0 Å². The van der Waals surface area contributed by atoms with Gasteiger partial charge in [-0.2, -0.15) is 0 Å². The molecule has 0 heterocycles. The van der Waals surface area contributed by atoms with Gasteiger partial charge < -0.3 is 43.0 Å². The van der Waals surface area contributed by atoms with Gasteiger partial charge in [0.15, 0.2) is 0 Å². The van der Waals surface area contributed by atoms with Gasteiger partial charge in [-0.05, 0) is 25.7 Å². The molecule has 0 unspecified atom stereocenters. The second kappa shape index (κ2) is 14.7. The Kier molecular flexibility index (Phi) is 13.1. The fourth-order valence-electron chi connectivity index (χ4n) is 1.98. The molecule has 0 aromatic heterocycles. The normalized spacial score (nSPS) is 12.2. The van der Waals surface area contributed by atoms with E-state index in [2.05, 4.69) is 20.1 Å². The molecular formula is C16H28N6O8. The molecule has 170 valence electrons. The maximum absolute atomic E-state index is 11.7. The van der Waals surface area contributed by atoms with Gasteiger partial charge in [-0.25, -0.2) is 19.2 Å². The number of esters is 4. The molecule has 0 radical (unpaired) electrons. The molecule has 0 aromatic rings. The summed E-state index contributed by atoms with van der Waals surface area (Å²) in [6.07, 6.45) is -0.0793. The van der Waals surface area contributed by atoms with Crippen LogP contribution >= 0.6 is 0 Å². The van der Waals surface area contributed by atoms with E-state index in [1.54, 1.807) is 0 Å². The van der Waals surface area contributed by atoms with Crippen molar-refractivity contribution in [2.24, 2.45) is 22.9 Å². The molecule has 0 saturated heterocycles. The van der Waals surface area contributed by atoms with Crippen LogP contribution < -0.4 is 33.6 Å². The maximum atomic E-state index is 11.7. The minimum absolute atomic E-state index is 0.135. The molecule has 0 saturated carbocycles. The van der Waals surface area contributed by atoms with E-state index in [4.69, 9.17) is 22.9 Å². The Bertz CT molecular complexity index is 587. The molecule has 0 aliphatic carbocycles. The van der Waals surface area contributed by atoms with Crippen LogP contribution in [0.4, 0.5) is 9.59 Å². The molecule has 10 N–H and O–H groups in total. The summed E-state index contributed by atoms with van der Waals surface area (Å²) in [5.74, 6) is -4.01. The third kappa shape index (κ3) is 13.8. The summed E-state index contributed by atoms with van der Waals surface area (Å²) < 4.78 is 9.00. The quantitative estimate of drug-likeness (QED) is 0.101. The van der Waals surface area contributed by atoms with E-state index in [-0.39, 0.29) is 25.9 Å². The van der Waals surface area contributed by atoms with E-state index in [9.17, 15) is 28.8 Å². The van der Waals surface area contributed by atoms with E-state index in [1.165, 1.54) is 0 Å². The molecule has 0 spiro atoms. The summed E-state index contributed by atoms with van der Waals surface area (Å²) in [7, 11) is 0. The zero-order valence-electron chi connectivity index (χ0n) is 16.4. The number of ether oxygens (including phenoxy) is 2. The molecule has 0 aliphatic heterocycles. The molecule has 0 bridgehead atoms. The van der Waals surface area contributed by atoms with E-state index in [0.29, 0.717) is 12.8 Å². The summed E-state index contributed by atoms with van der Waals surface area (Å²) in [4.78, 5) is 67.5. The Balaban J connectivity index is 4.06. The van der Waals surface area contributed by atoms with E-state index < -0.39 is 60.9 Å². The average molecular weight is 432 g/mol. The molecule has 14 heteroatoms. The van der Waals surface area contributed by atoms with Crippen LogP contribution in [0.25, 0.3) is 0 Å². The lowest BCUT2D eigenvalue weighted by molar-refractivity contribution is -0.166. The van der Waals surface area contributed by atoms with Crippen molar-refractivity contribution in [3.63, 3.8) is 0 Å². The number of rotatable bonds is 13. The number of nitrogens with two attached hydrogens (primary N) is 4. The van der Waals surface area contributed by atoms with Gasteiger partial charge >= 0.3 is 35.9 Å². The van der Waals surface area contributed by atoms with Crippen LogP contribution in [0, 0.1) is 0 Å². The number of amides is 4. The minimum Gasteiger partial charge on any atom is -0.392 e. The van der Waals surface area contributed by atoms with Crippen LogP contribution in [0.15, 0.2) is 0 Å². The van der Waals surface area contributed by atoms with Gasteiger partial charge in [0.1, 0.15) is 12.1 Å². The molecule has 0 aliphatic rings. The highest BCUT2D eigenvalue weighted by molar-refractivity contribution is 5.92. The van der Waals surface area contributed by atoms with Crippen molar-refractivity contribution >= 4 is 35.9 Å². The number of nitrogens with one attached hydrogen (secondary N) is 2. The van der Waals surface area contributed by atoms with Crippen LogP contribution in [-0.2, 0) is 28.7 Å². The van der Waals surface area contributed by atoms with Crippen molar-refractivity contribution in [2.45, 2.75) is 50.6 Å². The predicted molar refractivity (Wildman–Crippen MR) is 101 cm³/mol. The highest BCUT2D eigenvalue weighted by Crippen LogP contribution is 2.03. The highest BCUT2D eigenvalue weighted by atomic mass is 16.6. The Morgan fingerprint density at radius 3 is 1.30 bits per heavy atom. The van der Waals surface area contributed by atoms with Crippen molar-refractivity contribution in [3.05, 3.63) is 0 Å². The zero-order valence-corrected chi connectivity index (χ0v) is 16.4. The standard InChI is InChI=1S/C16H28N6O8/c17-9(3-1-7-21-15(19)27)13(25)29-11(23)5-6-12(24)30-14(26)10(18)4-2-8-22-16(20)28/h9-10H,1-8,17-18H2,(H3,19,21,27)(H3,20,22,28)/t9-,10-/m1/s1. The van der Waals surface area contributed by atoms with Gasteiger partial charge in [-0.3, -0.25) is 9.59 Å². The van der Waals surface area contributed by atoms with Gasteiger partial charge in [0, 0.05) is 13.1 Å². The van der Waals surface area contributed by atoms with Crippen LogP contribution in [0.1, 0.15) is 38.5 Å². The third-order valence-corrected chi connectivity index (χ3v) is 3.55. The van der Waals surface area contributed by atoms with Crippen LogP contribution in [0.3, 0.4) is 0 Å². The first kappa shape index (κ1) is 26.7. The van der Waals surface area contributed by atoms with Crippen molar-refractivity contribution in [3.8, 4) is 0 Å². The zero-order chi connectivity index (χ0) is 23.1. The predicted octanol–water partition coefficient (Wildman–Crippen LogP) is -2.54. The number of urea groups is 2. The van der Waals surface area contributed by atoms with E-state index >= 15 is 0 Å². The molecule has 0 aromatic carbocycles. The molecule has 4 amide bonds. The van der Waals surface area contributed by atoms with Gasteiger partial charge in [0.25, 0.3) is 0 Å². The van der Waals surface area contributed by atoms with Crippen molar-refractivity contribution < 1.29 is 38.2 Å². The Labute approximate surface area is 172 Å². The molecule has 2 atom stereocenters. The first-order chi connectivity index (χ1) is 14.0. The Morgan fingerprint density at radius 1 is 0.667 bits per heavy atom. The lowest BCUT2D eigenvalue weighted by atomic mass is 10.1. The van der Waals surface area contributed by atoms with Crippen LogP contribution in [0.5, 0.6) is 0 Å². The van der Waals surface area contributed by atoms with Crippen LogP contribution in [-0.4, -0.2) is 61.1 Å². The lowest BCUT2D eigenvalue weighted by Gasteiger charge is -2.11. The van der Waals surface area contributed by atoms with Crippen molar-refractivity contribution in [2.75, 3.05) is 13.1 Å². The number of primary amides is 2. The second-order valence-electron chi connectivity index (χ2n) is 6.17. The largest absolute Gasteiger partial charge is 0.392 e. The second-order valence-corrected chi connectivity index (χ2v) is 6.17. The Hall–Kier alpha value is -3.26. The van der Waals surface area contributed by atoms with Crippen molar-refractivity contribution in [1.82, 2.24) is 10.6 Å². The van der Waals surface area contributed by atoms with E-state index in [1.807, 2.05) is 0 Å². The number of carbonyl (C=O) groups excluding carboxylic acids is 6. The molecule has 0 fully saturated rings. The summed E-state index contributed by atoms with van der Waals surface area (Å²) in [6, 6.07) is -3.63. The van der Waals surface area contributed by atoms with Gasteiger partial charge in [-0.15, -0.1) is 0 Å². The topological polar surface area (TPSA) is 249 Å².